The molecule has 0 aromatic heterocycles. The molecule has 6 heteroatoms. The third-order valence-corrected chi connectivity index (χ3v) is 5.43. The number of piperidine rings is 1. The monoisotopic (exact) mass is 285 g/mol. The lowest BCUT2D eigenvalue weighted by atomic mass is 10.1. The zero-order valence-electron chi connectivity index (χ0n) is 10.9. The summed E-state index contributed by atoms with van der Waals surface area (Å²) in [6, 6.07) is 6.25. The number of nitrogens with zero attached hydrogens (tertiary/aromatic N) is 1. The summed E-state index contributed by atoms with van der Waals surface area (Å²) in [6.45, 7) is 0.306. The molecule has 1 aliphatic heterocycles. The van der Waals surface area contributed by atoms with E-state index in [2.05, 4.69) is 0 Å². The summed E-state index contributed by atoms with van der Waals surface area (Å²) in [4.78, 5) is 0.165. The molecule has 0 bridgehead atoms. The third-order valence-electron chi connectivity index (χ3n) is 3.44. The van der Waals surface area contributed by atoms with Gasteiger partial charge in [0.05, 0.1) is 13.7 Å². The lowest BCUT2D eigenvalue weighted by molar-refractivity contribution is 0.155. The fourth-order valence-corrected chi connectivity index (χ4v) is 4.27. The molecule has 1 atom stereocenters. The molecule has 106 valence electrons. The fraction of sp³-hybridized carbons (Fsp3) is 0.538. The van der Waals surface area contributed by atoms with Crippen LogP contribution in [0.2, 0.25) is 0 Å². The molecule has 1 aromatic carbocycles. The van der Waals surface area contributed by atoms with E-state index in [1.807, 2.05) is 0 Å². The number of sulfonamides is 1. The average Bonchev–Trinajstić information content (AvgIpc) is 2.47. The van der Waals surface area contributed by atoms with Crippen molar-refractivity contribution in [3.05, 3.63) is 24.3 Å². The molecule has 0 radical (unpaired) electrons. The quantitative estimate of drug-likeness (QED) is 0.903. The molecule has 1 N–H and O–H groups in total. The first-order chi connectivity index (χ1) is 9.11. The first kappa shape index (κ1) is 14.3. The Bertz CT molecular complexity index is 529. The second-order valence-electron chi connectivity index (χ2n) is 4.60. The molecule has 1 heterocycles. The largest absolute Gasteiger partial charge is 0.495 e. The van der Waals surface area contributed by atoms with Gasteiger partial charge in [0.1, 0.15) is 10.6 Å². The van der Waals surface area contributed by atoms with Crippen molar-refractivity contribution in [2.24, 2.45) is 0 Å². The van der Waals surface area contributed by atoms with Gasteiger partial charge in [-0.15, -0.1) is 0 Å². The summed E-state index contributed by atoms with van der Waals surface area (Å²) in [6.07, 6.45) is 2.47. The van der Waals surface area contributed by atoms with Crippen LogP contribution in [0.5, 0.6) is 5.75 Å². The van der Waals surface area contributed by atoms with Crippen LogP contribution in [0, 0.1) is 0 Å². The highest BCUT2D eigenvalue weighted by Gasteiger charge is 2.34. The van der Waals surface area contributed by atoms with Crippen molar-refractivity contribution in [2.45, 2.75) is 30.2 Å². The number of aliphatic hydroxyl groups excluding tert-OH is 1. The van der Waals surface area contributed by atoms with E-state index in [1.54, 1.807) is 18.2 Å². The lowest BCUT2D eigenvalue weighted by Crippen LogP contribution is -2.45. The summed E-state index contributed by atoms with van der Waals surface area (Å²) in [7, 11) is -2.17. The maximum Gasteiger partial charge on any atom is 0.247 e. The maximum atomic E-state index is 12.7. The van der Waals surface area contributed by atoms with Crippen LogP contribution in [0.1, 0.15) is 19.3 Å². The number of rotatable bonds is 4. The molecule has 5 nitrogen and oxygen atoms in total. The van der Waals surface area contributed by atoms with Crippen molar-refractivity contribution in [2.75, 3.05) is 20.3 Å². The molecule has 0 aliphatic carbocycles. The number of benzene rings is 1. The number of para-hydroxylation sites is 1. The lowest BCUT2D eigenvalue weighted by Gasteiger charge is -2.33. The van der Waals surface area contributed by atoms with Crippen molar-refractivity contribution >= 4 is 10.0 Å². The van der Waals surface area contributed by atoms with E-state index in [0.29, 0.717) is 18.7 Å². The van der Waals surface area contributed by atoms with Crippen LogP contribution in [0.25, 0.3) is 0 Å². The molecular formula is C13H19NO4S. The second kappa shape index (κ2) is 5.90. The first-order valence-electron chi connectivity index (χ1n) is 6.37. The summed E-state index contributed by atoms with van der Waals surface area (Å²) in [5.41, 5.74) is 0. The Balaban J connectivity index is 2.40. The van der Waals surface area contributed by atoms with Crippen molar-refractivity contribution in [1.29, 1.82) is 0 Å². The van der Waals surface area contributed by atoms with Gasteiger partial charge in [-0.2, -0.15) is 4.31 Å². The van der Waals surface area contributed by atoms with E-state index in [-0.39, 0.29) is 17.5 Å². The molecule has 0 saturated carbocycles. The average molecular weight is 285 g/mol. The van der Waals surface area contributed by atoms with Gasteiger partial charge in [-0.1, -0.05) is 18.6 Å². The molecule has 1 fully saturated rings. The minimum Gasteiger partial charge on any atom is -0.495 e. The van der Waals surface area contributed by atoms with E-state index in [9.17, 15) is 13.5 Å². The molecular weight excluding hydrogens is 266 g/mol. The van der Waals surface area contributed by atoms with Gasteiger partial charge in [0.15, 0.2) is 0 Å². The number of hydrogen-bond donors (Lipinski definition) is 1. The predicted molar refractivity (Wildman–Crippen MR) is 71.6 cm³/mol. The minimum absolute atomic E-state index is 0.144. The highest BCUT2D eigenvalue weighted by molar-refractivity contribution is 7.89. The smallest absolute Gasteiger partial charge is 0.247 e. The standard InChI is InChI=1S/C13H19NO4S/c1-18-12-7-2-3-8-13(12)19(16,17)14-9-5-4-6-11(14)10-15/h2-3,7-8,11,15H,4-6,9-10H2,1H3. The van der Waals surface area contributed by atoms with Crippen molar-refractivity contribution in [1.82, 2.24) is 4.31 Å². The molecule has 1 saturated heterocycles. The first-order valence-corrected chi connectivity index (χ1v) is 7.81. The molecule has 0 amide bonds. The Morgan fingerprint density at radius 2 is 2.11 bits per heavy atom. The second-order valence-corrected chi connectivity index (χ2v) is 6.46. The van der Waals surface area contributed by atoms with Crippen LogP contribution in [-0.4, -0.2) is 44.1 Å². The van der Waals surface area contributed by atoms with Crippen molar-refractivity contribution < 1.29 is 18.3 Å². The number of hydrogen-bond acceptors (Lipinski definition) is 4. The van der Waals surface area contributed by atoms with Gasteiger partial charge < -0.3 is 9.84 Å². The third kappa shape index (κ3) is 2.75. The van der Waals surface area contributed by atoms with Crippen LogP contribution in [0.4, 0.5) is 0 Å². The van der Waals surface area contributed by atoms with Gasteiger partial charge in [-0.05, 0) is 25.0 Å². The number of methoxy groups -OCH3 is 1. The zero-order valence-corrected chi connectivity index (χ0v) is 11.8. The van der Waals surface area contributed by atoms with Gasteiger partial charge in [-0.3, -0.25) is 0 Å². The molecule has 1 unspecified atom stereocenters. The highest BCUT2D eigenvalue weighted by Crippen LogP contribution is 2.30. The van der Waals surface area contributed by atoms with E-state index in [0.717, 1.165) is 12.8 Å². The maximum absolute atomic E-state index is 12.7. The Kier molecular flexibility index (Phi) is 4.44. The summed E-state index contributed by atoms with van der Waals surface area (Å²) in [5, 5.41) is 9.36. The summed E-state index contributed by atoms with van der Waals surface area (Å²) in [5.74, 6) is 0.338. The van der Waals surface area contributed by atoms with Crippen molar-refractivity contribution in [3.63, 3.8) is 0 Å². The fourth-order valence-electron chi connectivity index (χ4n) is 2.43. The molecule has 2 rings (SSSR count). The number of ether oxygens (including phenoxy) is 1. The molecule has 19 heavy (non-hydrogen) atoms. The van der Waals surface area contributed by atoms with Crippen LogP contribution in [0.3, 0.4) is 0 Å². The van der Waals surface area contributed by atoms with Crippen molar-refractivity contribution in [3.8, 4) is 5.75 Å². The van der Waals surface area contributed by atoms with Gasteiger partial charge >= 0.3 is 0 Å². The van der Waals surface area contributed by atoms with Gasteiger partial charge in [-0.25, -0.2) is 8.42 Å². The number of aliphatic hydroxyl groups is 1. The van der Waals surface area contributed by atoms with Crippen LogP contribution < -0.4 is 4.74 Å². The Hall–Kier alpha value is -1.11. The van der Waals surface area contributed by atoms with Gasteiger partial charge in [0.2, 0.25) is 10.0 Å². The topological polar surface area (TPSA) is 66.8 Å². The molecule has 1 aromatic rings. The highest BCUT2D eigenvalue weighted by atomic mass is 32.2. The van der Waals surface area contributed by atoms with Crippen LogP contribution in [0.15, 0.2) is 29.2 Å². The normalized spacial score (nSPS) is 21.3. The van der Waals surface area contributed by atoms with E-state index in [1.165, 1.54) is 17.5 Å². The molecule has 0 spiro atoms. The van der Waals surface area contributed by atoms with E-state index in [4.69, 9.17) is 4.74 Å². The SMILES string of the molecule is COc1ccccc1S(=O)(=O)N1CCCCC1CO. The zero-order chi connectivity index (χ0) is 13.9. The Labute approximate surface area is 113 Å². The molecule has 1 aliphatic rings. The minimum atomic E-state index is -3.62. The Morgan fingerprint density at radius 3 is 2.79 bits per heavy atom. The van der Waals surface area contributed by atoms with Crippen LogP contribution >= 0.6 is 0 Å². The predicted octanol–water partition coefficient (Wildman–Crippen LogP) is 1.23. The van der Waals surface area contributed by atoms with Gasteiger partial charge in [0.25, 0.3) is 0 Å². The Morgan fingerprint density at radius 1 is 1.37 bits per heavy atom. The summed E-state index contributed by atoms with van der Waals surface area (Å²) >= 11 is 0. The van der Waals surface area contributed by atoms with Crippen LogP contribution in [-0.2, 0) is 10.0 Å². The van der Waals surface area contributed by atoms with Gasteiger partial charge in [0, 0.05) is 12.6 Å². The summed E-state index contributed by atoms with van der Waals surface area (Å²) < 4.78 is 31.9. The van der Waals surface area contributed by atoms with E-state index < -0.39 is 10.0 Å². The van der Waals surface area contributed by atoms with E-state index >= 15 is 0 Å².